The van der Waals surface area contributed by atoms with Gasteiger partial charge in [0.25, 0.3) is 0 Å². The first-order chi connectivity index (χ1) is 10.5. The van der Waals surface area contributed by atoms with Gasteiger partial charge < -0.3 is 15.4 Å². The van der Waals surface area contributed by atoms with Crippen LogP contribution in [-0.4, -0.2) is 29.3 Å². The number of amides is 1. The first kappa shape index (κ1) is 18.9. The summed E-state index contributed by atoms with van der Waals surface area (Å²) >= 11 is 0. The Balaban J connectivity index is 0.00000264. The molecule has 6 nitrogen and oxygen atoms in total. The number of carbonyl (C=O) groups is 1. The lowest BCUT2D eigenvalue weighted by Gasteiger charge is -2.15. The average molecular weight is 343 g/mol. The zero-order valence-electron chi connectivity index (χ0n) is 13.2. The Hall–Kier alpha value is -2.12. The van der Waals surface area contributed by atoms with Crippen LogP contribution in [0, 0.1) is 5.82 Å². The van der Waals surface area contributed by atoms with Crippen molar-refractivity contribution in [3.63, 3.8) is 0 Å². The zero-order chi connectivity index (χ0) is 16.1. The van der Waals surface area contributed by atoms with Crippen LogP contribution in [0.4, 0.5) is 10.1 Å². The van der Waals surface area contributed by atoms with Gasteiger partial charge in [-0.05, 0) is 26.1 Å². The maximum atomic E-state index is 13.8. The monoisotopic (exact) mass is 342 g/mol. The van der Waals surface area contributed by atoms with Crippen LogP contribution >= 0.6 is 12.4 Å². The molecule has 0 saturated heterocycles. The lowest BCUT2D eigenvalue weighted by atomic mass is 10.1. The Kier molecular flexibility index (Phi) is 6.99. The molecule has 0 aliphatic rings. The molecule has 1 atom stereocenters. The molecular formula is C15H20ClFN4O2. The highest BCUT2D eigenvalue weighted by molar-refractivity contribution is 5.95. The fourth-order valence-corrected chi connectivity index (χ4v) is 2.10. The third kappa shape index (κ3) is 4.67. The van der Waals surface area contributed by atoms with Crippen LogP contribution in [0.3, 0.4) is 0 Å². The molecule has 0 fully saturated rings. The van der Waals surface area contributed by atoms with Crippen LogP contribution in [-0.2, 0) is 11.8 Å². The molecule has 2 rings (SSSR count). The Morgan fingerprint density at radius 1 is 1.48 bits per heavy atom. The number of nitrogens with zero attached hydrogens (tertiary/aromatic N) is 2. The molecule has 1 aromatic heterocycles. The van der Waals surface area contributed by atoms with Crippen molar-refractivity contribution in [1.82, 2.24) is 15.1 Å². The van der Waals surface area contributed by atoms with E-state index in [2.05, 4.69) is 15.7 Å². The summed E-state index contributed by atoms with van der Waals surface area (Å²) in [5.41, 5.74) is 1.10. The lowest BCUT2D eigenvalue weighted by Crippen LogP contribution is -2.30. The number of halogens is 2. The molecule has 2 N–H and O–H groups in total. The standard InChI is InChI=1S/C15H19FN4O2.ClH/c1-4-22-13-6-5-11(7-12(13)16)19-15(21)14(17-2)10-8-18-20(3)9-10;/h5-9,14,17H,4H2,1-3H3,(H,19,21);1H. The van der Waals surface area contributed by atoms with Gasteiger partial charge >= 0.3 is 0 Å². The molecule has 1 unspecified atom stereocenters. The van der Waals surface area contributed by atoms with Gasteiger partial charge in [0.2, 0.25) is 5.91 Å². The Bertz CT molecular complexity index is 663. The van der Waals surface area contributed by atoms with E-state index < -0.39 is 11.9 Å². The minimum Gasteiger partial charge on any atom is -0.491 e. The van der Waals surface area contributed by atoms with E-state index in [0.717, 1.165) is 5.56 Å². The minimum absolute atomic E-state index is 0. The molecule has 0 aliphatic carbocycles. The Labute approximate surface area is 140 Å². The van der Waals surface area contributed by atoms with E-state index in [0.29, 0.717) is 12.3 Å². The van der Waals surface area contributed by atoms with E-state index in [1.807, 2.05) is 0 Å². The summed E-state index contributed by atoms with van der Waals surface area (Å²) in [5.74, 6) is -0.640. The second-order valence-corrected chi connectivity index (χ2v) is 4.74. The number of hydrogen-bond donors (Lipinski definition) is 2. The van der Waals surface area contributed by atoms with Gasteiger partial charge in [-0.15, -0.1) is 12.4 Å². The van der Waals surface area contributed by atoms with Crippen molar-refractivity contribution in [3.05, 3.63) is 42.0 Å². The number of likely N-dealkylation sites (N-methyl/N-ethyl adjacent to an activating group) is 1. The molecule has 0 bridgehead atoms. The van der Waals surface area contributed by atoms with Gasteiger partial charge in [-0.3, -0.25) is 9.48 Å². The number of ether oxygens (including phenoxy) is 1. The van der Waals surface area contributed by atoms with Crippen LogP contribution in [0.5, 0.6) is 5.75 Å². The molecule has 1 aromatic carbocycles. The smallest absolute Gasteiger partial charge is 0.246 e. The van der Waals surface area contributed by atoms with Gasteiger partial charge in [-0.25, -0.2) is 4.39 Å². The van der Waals surface area contributed by atoms with E-state index in [-0.39, 0.29) is 24.1 Å². The topological polar surface area (TPSA) is 68.2 Å². The number of carbonyl (C=O) groups excluding carboxylic acids is 1. The van der Waals surface area contributed by atoms with Crippen LogP contribution in [0.1, 0.15) is 18.5 Å². The average Bonchev–Trinajstić information content (AvgIpc) is 2.89. The zero-order valence-corrected chi connectivity index (χ0v) is 14.0. The van der Waals surface area contributed by atoms with Gasteiger partial charge in [0.05, 0.1) is 12.8 Å². The number of benzene rings is 1. The number of nitrogens with one attached hydrogen (secondary N) is 2. The van der Waals surface area contributed by atoms with Crippen molar-refractivity contribution in [3.8, 4) is 5.75 Å². The van der Waals surface area contributed by atoms with Gasteiger partial charge in [0.15, 0.2) is 11.6 Å². The minimum atomic E-state index is -0.566. The summed E-state index contributed by atoms with van der Waals surface area (Å²) in [7, 11) is 3.45. The van der Waals surface area contributed by atoms with E-state index in [9.17, 15) is 9.18 Å². The maximum Gasteiger partial charge on any atom is 0.246 e. The van der Waals surface area contributed by atoms with Crippen molar-refractivity contribution in [2.45, 2.75) is 13.0 Å². The molecule has 0 radical (unpaired) electrons. The molecule has 0 aliphatic heterocycles. The molecule has 126 valence electrons. The van der Waals surface area contributed by atoms with Gasteiger partial charge in [0, 0.05) is 30.6 Å². The number of aromatic nitrogens is 2. The number of rotatable bonds is 6. The quantitative estimate of drug-likeness (QED) is 0.845. The third-order valence-corrected chi connectivity index (χ3v) is 3.11. The number of aryl methyl sites for hydroxylation is 1. The van der Waals surface area contributed by atoms with E-state index in [4.69, 9.17) is 4.74 Å². The van der Waals surface area contributed by atoms with Gasteiger partial charge in [-0.1, -0.05) is 0 Å². The highest BCUT2D eigenvalue weighted by Crippen LogP contribution is 2.22. The molecule has 23 heavy (non-hydrogen) atoms. The predicted molar refractivity (Wildman–Crippen MR) is 88.5 cm³/mol. The molecule has 1 heterocycles. The molecule has 0 spiro atoms. The maximum absolute atomic E-state index is 13.8. The molecule has 2 aromatic rings. The SMILES string of the molecule is CCOc1ccc(NC(=O)C(NC)c2cnn(C)c2)cc1F.Cl. The summed E-state index contributed by atoms with van der Waals surface area (Å²) in [6.07, 6.45) is 3.36. The summed E-state index contributed by atoms with van der Waals surface area (Å²) in [6, 6.07) is 3.76. The van der Waals surface area contributed by atoms with Crippen molar-refractivity contribution < 1.29 is 13.9 Å². The summed E-state index contributed by atoms with van der Waals surface area (Å²) in [6.45, 7) is 2.16. The van der Waals surface area contributed by atoms with Gasteiger partial charge in [-0.2, -0.15) is 5.10 Å². The third-order valence-electron chi connectivity index (χ3n) is 3.11. The van der Waals surface area contributed by atoms with Crippen LogP contribution < -0.4 is 15.4 Å². The summed E-state index contributed by atoms with van der Waals surface area (Å²) < 4.78 is 20.5. The highest BCUT2D eigenvalue weighted by Gasteiger charge is 2.20. The van der Waals surface area contributed by atoms with E-state index in [1.165, 1.54) is 12.1 Å². The number of hydrogen-bond acceptors (Lipinski definition) is 4. The fourth-order valence-electron chi connectivity index (χ4n) is 2.10. The van der Waals surface area contributed by atoms with Gasteiger partial charge in [0.1, 0.15) is 6.04 Å². The van der Waals surface area contributed by atoms with Crippen LogP contribution in [0.15, 0.2) is 30.6 Å². The second-order valence-electron chi connectivity index (χ2n) is 4.74. The van der Waals surface area contributed by atoms with E-state index >= 15 is 0 Å². The van der Waals surface area contributed by atoms with Crippen molar-refractivity contribution in [2.75, 3.05) is 19.0 Å². The first-order valence-electron chi connectivity index (χ1n) is 6.94. The normalized spacial score (nSPS) is 11.5. The van der Waals surface area contributed by atoms with Crippen molar-refractivity contribution in [1.29, 1.82) is 0 Å². The Morgan fingerprint density at radius 3 is 2.74 bits per heavy atom. The first-order valence-corrected chi connectivity index (χ1v) is 6.94. The van der Waals surface area contributed by atoms with Crippen LogP contribution in [0.25, 0.3) is 0 Å². The molecule has 8 heteroatoms. The van der Waals surface area contributed by atoms with E-state index in [1.54, 1.807) is 44.2 Å². The van der Waals surface area contributed by atoms with Crippen molar-refractivity contribution in [2.24, 2.45) is 7.05 Å². The lowest BCUT2D eigenvalue weighted by molar-refractivity contribution is -0.118. The largest absolute Gasteiger partial charge is 0.491 e. The molecule has 0 saturated carbocycles. The number of anilines is 1. The van der Waals surface area contributed by atoms with Crippen molar-refractivity contribution >= 4 is 24.0 Å². The summed E-state index contributed by atoms with van der Waals surface area (Å²) in [5, 5.41) is 9.63. The summed E-state index contributed by atoms with van der Waals surface area (Å²) in [4.78, 5) is 12.3. The Morgan fingerprint density at radius 2 is 2.22 bits per heavy atom. The molecular weight excluding hydrogens is 323 g/mol. The highest BCUT2D eigenvalue weighted by atomic mass is 35.5. The predicted octanol–water partition coefficient (Wildman–Crippen LogP) is 2.28. The van der Waals surface area contributed by atoms with Crippen LogP contribution in [0.2, 0.25) is 0 Å². The fraction of sp³-hybridized carbons (Fsp3) is 0.333. The second kappa shape index (κ2) is 8.50. The molecule has 1 amide bonds.